The van der Waals surface area contributed by atoms with Crippen molar-refractivity contribution in [3.63, 3.8) is 0 Å². The lowest BCUT2D eigenvalue weighted by atomic mass is 10.2. The highest BCUT2D eigenvalue weighted by Crippen LogP contribution is 2.33. The van der Waals surface area contributed by atoms with E-state index in [1.807, 2.05) is 30.3 Å². The molecule has 2 aromatic carbocycles. The Balaban J connectivity index is 2.00. The Morgan fingerprint density at radius 1 is 1.23 bits per heavy atom. The van der Waals surface area contributed by atoms with Gasteiger partial charge in [0.05, 0.1) is 28.9 Å². The third-order valence-corrected chi connectivity index (χ3v) is 5.32. The zero-order chi connectivity index (χ0) is 21.9. The largest absolute Gasteiger partial charge is 0.416 e. The number of nitriles is 1. The Bertz CT molecular complexity index is 1160. The minimum absolute atomic E-state index is 0.109. The third kappa shape index (κ3) is 4.66. The van der Waals surface area contributed by atoms with Crippen LogP contribution in [0, 0.1) is 11.3 Å². The van der Waals surface area contributed by atoms with Gasteiger partial charge in [0.2, 0.25) is 0 Å². The Kier molecular flexibility index (Phi) is 6.17. The van der Waals surface area contributed by atoms with Crippen LogP contribution in [0.4, 0.5) is 13.2 Å². The minimum atomic E-state index is -4.48. The molecule has 30 heavy (non-hydrogen) atoms. The van der Waals surface area contributed by atoms with Gasteiger partial charge in [0.15, 0.2) is 10.9 Å². The number of nitrogens with two attached hydrogens (primary N) is 1. The van der Waals surface area contributed by atoms with Gasteiger partial charge >= 0.3 is 6.18 Å². The number of alkyl halides is 3. The van der Waals surface area contributed by atoms with E-state index in [4.69, 9.17) is 11.0 Å². The van der Waals surface area contributed by atoms with Crippen molar-refractivity contribution in [2.45, 2.75) is 24.8 Å². The molecule has 0 saturated carbocycles. The number of nitrogens with zero attached hydrogens (tertiary/aromatic N) is 3. The first-order valence-electron chi connectivity index (χ1n) is 8.84. The number of Topliss-reactive ketones (excluding diaryl/α,β-unsaturated/α-hetero) is 1. The van der Waals surface area contributed by atoms with Gasteiger partial charge < -0.3 is 10.3 Å². The highest BCUT2D eigenvalue weighted by atomic mass is 32.2. The summed E-state index contributed by atoms with van der Waals surface area (Å²) in [5.74, 6) is -0.571. The van der Waals surface area contributed by atoms with Gasteiger partial charge in [-0.1, -0.05) is 42.1 Å². The average Bonchev–Trinajstić information content (AvgIpc) is 3.03. The molecule has 1 heterocycles. The van der Waals surface area contributed by atoms with Crippen molar-refractivity contribution in [1.82, 2.24) is 9.55 Å². The molecule has 154 valence electrons. The molecule has 0 aliphatic heterocycles. The number of aromatic nitrogens is 2. The zero-order valence-electron chi connectivity index (χ0n) is 15.9. The number of carbonyl (C=O) groups is 1. The number of imidazole rings is 1. The summed E-state index contributed by atoms with van der Waals surface area (Å²) in [5.41, 5.74) is 6.40. The third-order valence-electron chi connectivity index (χ3n) is 4.34. The number of allylic oxidation sites excluding steroid dienone is 2. The lowest BCUT2D eigenvalue weighted by molar-refractivity contribution is -0.137. The highest BCUT2D eigenvalue weighted by Gasteiger charge is 2.31. The maximum atomic E-state index is 13.1. The van der Waals surface area contributed by atoms with Crippen molar-refractivity contribution in [2.24, 2.45) is 5.73 Å². The van der Waals surface area contributed by atoms with Crippen LogP contribution in [0.2, 0.25) is 0 Å². The van der Waals surface area contributed by atoms with E-state index in [-0.39, 0.29) is 22.5 Å². The van der Waals surface area contributed by atoms with E-state index in [0.717, 1.165) is 29.5 Å². The van der Waals surface area contributed by atoms with Gasteiger partial charge in [0.25, 0.3) is 0 Å². The fourth-order valence-electron chi connectivity index (χ4n) is 2.89. The molecule has 9 heteroatoms. The number of hydrogen-bond donors (Lipinski definition) is 1. The van der Waals surface area contributed by atoms with Crippen LogP contribution in [0.3, 0.4) is 0 Å². The van der Waals surface area contributed by atoms with Gasteiger partial charge in [-0.2, -0.15) is 18.4 Å². The predicted octanol–water partition coefficient (Wildman–Crippen LogP) is 4.52. The molecule has 0 spiro atoms. The van der Waals surface area contributed by atoms with Crippen LogP contribution in [0.25, 0.3) is 11.0 Å². The number of halogens is 3. The number of rotatable bonds is 6. The predicted molar refractivity (Wildman–Crippen MR) is 109 cm³/mol. The first kappa shape index (κ1) is 21.5. The fraction of sp³-hybridized carbons (Fsp3) is 0.190. The molecule has 0 unspecified atom stereocenters. The average molecular weight is 430 g/mol. The quantitative estimate of drug-likeness (QED) is 0.353. The van der Waals surface area contributed by atoms with E-state index < -0.39 is 17.5 Å². The molecule has 5 nitrogen and oxygen atoms in total. The van der Waals surface area contributed by atoms with Crippen LogP contribution in [0.15, 0.2) is 65.0 Å². The van der Waals surface area contributed by atoms with Crippen molar-refractivity contribution in [1.29, 1.82) is 5.26 Å². The maximum Gasteiger partial charge on any atom is 0.416 e. The fourth-order valence-corrected chi connectivity index (χ4v) is 3.77. The second-order valence-corrected chi connectivity index (χ2v) is 7.49. The molecule has 0 saturated heterocycles. The summed E-state index contributed by atoms with van der Waals surface area (Å²) in [6.45, 7) is 1.83. The van der Waals surface area contributed by atoms with E-state index in [0.29, 0.717) is 17.2 Å². The Morgan fingerprint density at radius 3 is 2.53 bits per heavy atom. The molecule has 1 aromatic heterocycles. The molecule has 0 bridgehead atoms. The summed E-state index contributed by atoms with van der Waals surface area (Å²) in [6.07, 6.45) is -4.48. The maximum absolute atomic E-state index is 13.1. The second kappa shape index (κ2) is 8.63. The SMILES string of the molecule is CC(N)=C(C#N)C(=O)CSc1nc2cc(C(F)(F)F)ccc2n1Cc1ccccc1. The first-order valence-corrected chi connectivity index (χ1v) is 9.83. The number of fused-ring (bicyclic) bond motifs is 1. The van der Waals surface area contributed by atoms with Gasteiger partial charge in [-0.05, 0) is 30.7 Å². The zero-order valence-corrected chi connectivity index (χ0v) is 16.7. The van der Waals surface area contributed by atoms with Crippen molar-refractivity contribution >= 4 is 28.6 Å². The highest BCUT2D eigenvalue weighted by molar-refractivity contribution is 7.99. The van der Waals surface area contributed by atoms with E-state index in [1.54, 1.807) is 10.6 Å². The molecule has 0 fully saturated rings. The Morgan fingerprint density at radius 2 is 1.93 bits per heavy atom. The molecule has 0 aliphatic carbocycles. The van der Waals surface area contributed by atoms with Gasteiger partial charge in [-0.3, -0.25) is 4.79 Å². The van der Waals surface area contributed by atoms with E-state index in [1.165, 1.54) is 13.0 Å². The van der Waals surface area contributed by atoms with Gasteiger partial charge in [-0.25, -0.2) is 4.98 Å². The molecule has 0 atom stereocenters. The minimum Gasteiger partial charge on any atom is -0.401 e. The Labute approximate surface area is 175 Å². The number of carbonyl (C=O) groups excluding carboxylic acids is 1. The second-order valence-electron chi connectivity index (χ2n) is 6.55. The van der Waals surface area contributed by atoms with E-state index in [2.05, 4.69) is 4.98 Å². The first-order chi connectivity index (χ1) is 14.2. The summed E-state index contributed by atoms with van der Waals surface area (Å²) in [6, 6.07) is 14.5. The number of hydrogen-bond acceptors (Lipinski definition) is 5. The summed E-state index contributed by atoms with van der Waals surface area (Å²) in [5, 5.41) is 9.47. The molecule has 3 aromatic rings. The molecular formula is C21H17F3N4OS. The van der Waals surface area contributed by atoms with Crippen molar-refractivity contribution < 1.29 is 18.0 Å². The molecule has 0 radical (unpaired) electrons. The van der Waals surface area contributed by atoms with Crippen LogP contribution >= 0.6 is 11.8 Å². The number of thioether (sulfide) groups is 1. The van der Waals surface area contributed by atoms with Crippen LogP contribution in [0.1, 0.15) is 18.1 Å². The molecule has 3 rings (SSSR count). The van der Waals surface area contributed by atoms with Crippen LogP contribution in [-0.4, -0.2) is 21.1 Å². The summed E-state index contributed by atoms with van der Waals surface area (Å²) in [4.78, 5) is 16.6. The lowest BCUT2D eigenvalue weighted by Gasteiger charge is -2.10. The Hall–Kier alpha value is -3.25. The standard InChI is InChI=1S/C21H17F3N4OS/c1-13(26)16(10-25)19(29)12-30-20-27-17-9-15(21(22,23)24)7-8-18(17)28(20)11-14-5-3-2-4-6-14/h2-9H,11-12,26H2,1H3. The van der Waals surface area contributed by atoms with Gasteiger partial charge in [0.1, 0.15) is 11.6 Å². The van der Waals surface area contributed by atoms with Crippen LogP contribution in [-0.2, 0) is 17.5 Å². The number of benzene rings is 2. The van der Waals surface area contributed by atoms with Gasteiger partial charge in [-0.15, -0.1) is 0 Å². The van der Waals surface area contributed by atoms with Crippen molar-refractivity contribution in [3.8, 4) is 6.07 Å². The molecule has 2 N–H and O–H groups in total. The van der Waals surface area contributed by atoms with Crippen molar-refractivity contribution in [3.05, 3.63) is 70.9 Å². The smallest absolute Gasteiger partial charge is 0.401 e. The van der Waals surface area contributed by atoms with Gasteiger partial charge in [0, 0.05) is 5.70 Å². The van der Waals surface area contributed by atoms with E-state index in [9.17, 15) is 18.0 Å². The molecular weight excluding hydrogens is 413 g/mol. The monoisotopic (exact) mass is 430 g/mol. The van der Waals surface area contributed by atoms with E-state index >= 15 is 0 Å². The van der Waals surface area contributed by atoms with Crippen LogP contribution in [0.5, 0.6) is 0 Å². The summed E-state index contributed by atoms with van der Waals surface area (Å²) >= 11 is 1.05. The topological polar surface area (TPSA) is 84.7 Å². The summed E-state index contributed by atoms with van der Waals surface area (Å²) in [7, 11) is 0. The van der Waals surface area contributed by atoms with Crippen molar-refractivity contribution in [2.75, 3.05) is 5.75 Å². The molecule has 0 aliphatic rings. The normalized spacial score (nSPS) is 12.5. The molecule has 0 amide bonds. The summed E-state index contributed by atoms with van der Waals surface area (Å²) < 4.78 is 41.0. The van der Waals surface area contributed by atoms with Crippen LogP contribution < -0.4 is 5.73 Å². The lowest BCUT2D eigenvalue weighted by Crippen LogP contribution is -2.11. The number of ketones is 1.